The second kappa shape index (κ2) is 4.69. The third kappa shape index (κ3) is 2.63. The summed E-state index contributed by atoms with van der Waals surface area (Å²) in [7, 11) is 1.54. The van der Waals surface area contributed by atoms with Gasteiger partial charge >= 0.3 is 0 Å². The smallest absolute Gasteiger partial charge is 0.225 e. The first-order valence-electron chi connectivity index (χ1n) is 5.20. The van der Waals surface area contributed by atoms with E-state index in [1.165, 1.54) is 0 Å². The number of benzene rings is 1. The molecule has 5 nitrogen and oxygen atoms in total. The Hall–Kier alpha value is -2.30. The van der Waals surface area contributed by atoms with Gasteiger partial charge in [0.1, 0.15) is 5.82 Å². The molecule has 1 aromatic carbocycles. The van der Waals surface area contributed by atoms with E-state index >= 15 is 0 Å². The molecule has 88 valence electrons. The van der Waals surface area contributed by atoms with Gasteiger partial charge in [0, 0.05) is 11.8 Å². The van der Waals surface area contributed by atoms with Gasteiger partial charge in [0.05, 0.1) is 7.11 Å². The zero-order valence-electron chi connectivity index (χ0n) is 9.77. The number of nitrogens with one attached hydrogen (secondary N) is 1. The Balaban J connectivity index is 2.30. The lowest BCUT2D eigenvalue weighted by Crippen LogP contribution is -2.02. The van der Waals surface area contributed by atoms with Crippen molar-refractivity contribution in [1.29, 1.82) is 0 Å². The first-order chi connectivity index (χ1) is 8.19. The van der Waals surface area contributed by atoms with Crippen LogP contribution in [0.2, 0.25) is 0 Å². The molecular formula is C12H14N4O. The van der Waals surface area contributed by atoms with E-state index in [0.29, 0.717) is 11.7 Å². The van der Waals surface area contributed by atoms with Crippen molar-refractivity contribution in [2.45, 2.75) is 6.92 Å². The molecule has 2 aromatic rings. The number of aryl methyl sites for hydroxylation is 1. The summed E-state index contributed by atoms with van der Waals surface area (Å²) in [5.74, 6) is 1.23. The van der Waals surface area contributed by atoms with Crippen LogP contribution >= 0.6 is 0 Å². The number of ether oxygens (including phenoxy) is 1. The van der Waals surface area contributed by atoms with Crippen molar-refractivity contribution in [3.05, 3.63) is 35.9 Å². The molecule has 0 unspecified atom stereocenters. The van der Waals surface area contributed by atoms with E-state index in [4.69, 9.17) is 10.5 Å². The van der Waals surface area contributed by atoms with Crippen molar-refractivity contribution < 1.29 is 4.74 Å². The maximum absolute atomic E-state index is 5.58. The monoisotopic (exact) mass is 230 g/mol. The highest BCUT2D eigenvalue weighted by Gasteiger charge is 2.03. The number of hydrogen-bond donors (Lipinski definition) is 2. The molecule has 0 bridgehead atoms. The minimum absolute atomic E-state index is 0.181. The highest BCUT2D eigenvalue weighted by molar-refractivity contribution is 5.61. The first kappa shape index (κ1) is 11.2. The van der Waals surface area contributed by atoms with Gasteiger partial charge in [-0.05, 0) is 18.6 Å². The number of nitrogens with zero attached hydrogens (tertiary/aromatic N) is 2. The quantitative estimate of drug-likeness (QED) is 0.844. The van der Waals surface area contributed by atoms with Crippen molar-refractivity contribution >= 4 is 17.5 Å². The van der Waals surface area contributed by atoms with Crippen LogP contribution in [0.1, 0.15) is 5.56 Å². The molecule has 0 aliphatic heterocycles. The topological polar surface area (TPSA) is 73.1 Å². The molecule has 1 aromatic heterocycles. The maximum Gasteiger partial charge on any atom is 0.225 e. The second-order valence-corrected chi connectivity index (χ2v) is 3.59. The molecule has 1 heterocycles. The number of nitrogen functional groups attached to an aromatic ring is 1. The fourth-order valence-corrected chi connectivity index (χ4v) is 1.46. The van der Waals surface area contributed by atoms with Gasteiger partial charge in [-0.2, -0.15) is 9.97 Å². The predicted molar refractivity (Wildman–Crippen MR) is 67.5 cm³/mol. The minimum atomic E-state index is 0.181. The van der Waals surface area contributed by atoms with E-state index in [1.807, 2.05) is 31.2 Å². The van der Waals surface area contributed by atoms with Gasteiger partial charge in [-0.3, -0.25) is 0 Å². The summed E-state index contributed by atoms with van der Waals surface area (Å²) in [5.41, 5.74) is 7.69. The number of rotatable bonds is 3. The molecule has 17 heavy (non-hydrogen) atoms. The van der Waals surface area contributed by atoms with E-state index in [1.54, 1.807) is 13.2 Å². The average molecular weight is 230 g/mol. The Morgan fingerprint density at radius 2 is 2.00 bits per heavy atom. The molecule has 0 atom stereocenters. The van der Waals surface area contributed by atoms with Gasteiger partial charge in [-0.15, -0.1) is 0 Å². The lowest BCUT2D eigenvalue weighted by atomic mass is 10.2. The lowest BCUT2D eigenvalue weighted by Gasteiger charge is -2.09. The van der Waals surface area contributed by atoms with Crippen LogP contribution in [0.3, 0.4) is 0 Å². The Morgan fingerprint density at radius 3 is 2.71 bits per heavy atom. The highest BCUT2D eigenvalue weighted by Crippen LogP contribution is 2.21. The number of methoxy groups -OCH3 is 1. The number of hydrogen-bond acceptors (Lipinski definition) is 5. The molecular weight excluding hydrogens is 216 g/mol. The van der Waals surface area contributed by atoms with Gasteiger partial charge < -0.3 is 15.8 Å². The zero-order valence-corrected chi connectivity index (χ0v) is 9.77. The van der Waals surface area contributed by atoms with Crippen LogP contribution < -0.4 is 15.8 Å². The summed E-state index contributed by atoms with van der Waals surface area (Å²) in [4.78, 5) is 8.01. The van der Waals surface area contributed by atoms with E-state index < -0.39 is 0 Å². The van der Waals surface area contributed by atoms with Crippen molar-refractivity contribution in [2.75, 3.05) is 18.2 Å². The maximum atomic E-state index is 5.58. The van der Waals surface area contributed by atoms with Gasteiger partial charge in [0.15, 0.2) is 0 Å². The summed E-state index contributed by atoms with van der Waals surface area (Å²) in [5, 5.41) is 3.18. The van der Waals surface area contributed by atoms with Crippen molar-refractivity contribution in [1.82, 2.24) is 9.97 Å². The molecule has 0 aliphatic rings. The largest absolute Gasteiger partial charge is 0.481 e. The Morgan fingerprint density at radius 1 is 1.24 bits per heavy atom. The minimum Gasteiger partial charge on any atom is -0.481 e. The molecule has 0 saturated heterocycles. The number of anilines is 3. The Labute approximate surface area is 99.7 Å². The van der Waals surface area contributed by atoms with E-state index in [9.17, 15) is 0 Å². The third-order valence-electron chi connectivity index (χ3n) is 2.34. The summed E-state index contributed by atoms with van der Waals surface area (Å²) in [6.45, 7) is 2.02. The van der Waals surface area contributed by atoms with Crippen molar-refractivity contribution in [3.8, 4) is 5.88 Å². The van der Waals surface area contributed by atoms with Crippen LogP contribution in [0.5, 0.6) is 5.88 Å². The fourth-order valence-electron chi connectivity index (χ4n) is 1.46. The standard InChI is InChI=1S/C12H14N4O/c1-8-5-3-4-6-9(8)14-10-7-11(17-2)16-12(13)15-10/h3-7H,1-2H3,(H3,13,14,15,16). The van der Waals surface area contributed by atoms with Gasteiger partial charge in [0.25, 0.3) is 0 Å². The summed E-state index contributed by atoms with van der Waals surface area (Å²) >= 11 is 0. The van der Waals surface area contributed by atoms with Crippen LogP contribution in [0.4, 0.5) is 17.5 Å². The highest BCUT2D eigenvalue weighted by atomic mass is 16.5. The van der Waals surface area contributed by atoms with Crippen LogP contribution in [0, 0.1) is 6.92 Å². The average Bonchev–Trinajstić information content (AvgIpc) is 2.31. The fraction of sp³-hybridized carbons (Fsp3) is 0.167. The summed E-state index contributed by atoms with van der Waals surface area (Å²) < 4.78 is 5.03. The van der Waals surface area contributed by atoms with Crippen molar-refractivity contribution in [3.63, 3.8) is 0 Å². The van der Waals surface area contributed by atoms with Gasteiger partial charge in [-0.25, -0.2) is 0 Å². The third-order valence-corrected chi connectivity index (χ3v) is 2.34. The molecule has 2 rings (SSSR count). The SMILES string of the molecule is COc1cc(Nc2ccccc2C)nc(N)n1. The van der Waals surface area contributed by atoms with Crippen molar-refractivity contribution in [2.24, 2.45) is 0 Å². The number of nitrogens with two attached hydrogens (primary N) is 1. The van der Waals surface area contributed by atoms with E-state index in [0.717, 1.165) is 11.3 Å². The van der Waals surface area contributed by atoms with Crippen LogP contribution in [0.15, 0.2) is 30.3 Å². The molecule has 0 spiro atoms. The second-order valence-electron chi connectivity index (χ2n) is 3.59. The van der Waals surface area contributed by atoms with E-state index in [2.05, 4.69) is 15.3 Å². The number of aromatic nitrogens is 2. The predicted octanol–water partition coefficient (Wildman–Crippen LogP) is 2.12. The lowest BCUT2D eigenvalue weighted by molar-refractivity contribution is 0.398. The van der Waals surface area contributed by atoms with Gasteiger partial charge in [-0.1, -0.05) is 18.2 Å². The first-order valence-corrected chi connectivity index (χ1v) is 5.20. The van der Waals surface area contributed by atoms with Crippen LogP contribution in [-0.4, -0.2) is 17.1 Å². The van der Waals surface area contributed by atoms with Crippen LogP contribution in [0.25, 0.3) is 0 Å². The van der Waals surface area contributed by atoms with E-state index in [-0.39, 0.29) is 5.95 Å². The number of para-hydroxylation sites is 1. The zero-order chi connectivity index (χ0) is 12.3. The molecule has 0 amide bonds. The van der Waals surface area contributed by atoms with Gasteiger partial charge in [0.2, 0.25) is 11.8 Å². The molecule has 3 N–H and O–H groups in total. The molecule has 5 heteroatoms. The molecule has 0 fully saturated rings. The molecule has 0 aliphatic carbocycles. The normalized spacial score (nSPS) is 10.0. The Kier molecular flexibility index (Phi) is 3.09. The Bertz CT molecular complexity index is 528. The van der Waals surface area contributed by atoms with Crippen LogP contribution in [-0.2, 0) is 0 Å². The molecule has 0 radical (unpaired) electrons. The molecule has 0 saturated carbocycles. The summed E-state index contributed by atoms with van der Waals surface area (Å²) in [6.07, 6.45) is 0. The summed E-state index contributed by atoms with van der Waals surface area (Å²) in [6, 6.07) is 9.62.